The molecule has 2 heterocycles. The zero-order valence-electron chi connectivity index (χ0n) is 10.3. The highest BCUT2D eigenvalue weighted by molar-refractivity contribution is 6.02. The normalized spacial score (nSPS) is 12.1. The Morgan fingerprint density at radius 2 is 2.11 bits per heavy atom. The van der Waals surface area contributed by atoms with Gasteiger partial charge in [-0.15, -0.1) is 0 Å². The molecule has 6 heteroatoms. The van der Waals surface area contributed by atoms with Gasteiger partial charge >= 0.3 is 5.97 Å². The van der Waals surface area contributed by atoms with E-state index in [9.17, 15) is 9.59 Å². The minimum Gasteiger partial charge on any atom is -0.478 e. The number of carbonyl (C=O) groups is 2. The third kappa shape index (κ3) is 3.04. The van der Waals surface area contributed by atoms with E-state index in [4.69, 9.17) is 13.9 Å². The molecule has 0 aromatic carbocycles. The lowest BCUT2D eigenvalue weighted by molar-refractivity contribution is 0.0687. The lowest BCUT2D eigenvalue weighted by Gasteiger charge is -2.11. The third-order valence-corrected chi connectivity index (χ3v) is 2.57. The second-order valence-corrected chi connectivity index (χ2v) is 4.13. The molecule has 0 saturated heterocycles. The van der Waals surface area contributed by atoms with Gasteiger partial charge in [0, 0.05) is 12.5 Å². The molecule has 1 amide bonds. The summed E-state index contributed by atoms with van der Waals surface area (Å²) in [6, 6.07) is 4.61. The van der Waals surface area contributed by atoms with Crippen LogP contribution in [0, 0.1) is 0 Å². The van der Waals surface area contributed by atoms with Crippen LogP contribution in [0.3, 0.4) is 0 Å². The molecule has 100 valence electrons. The van der Waals surface area contributed by atoms with Gasteiger partial charge in [-0.05, 0) is 25.1 Å². The molecule has 0 aliphatic carbocycles. The fourth-order valence-corrected chi connectivity index (χ4v) is 1.72. The summed E-state index contributed by atoms with van der Waals surface area (Å²) in [5.74, 6) is -1.21. The van der Waals surface area contributed by atoms with Gasteiger partial charge in [0.2, 0.25) is 5.76 Å². The second-order valence-electron chi connectivity index (χ2n) is 4.13. The fraction of sp³-hybridized carbons (Fsp3) is 0.231. The van der Waals surface area contributed by atoms with Crippen LogP contribution in [-0.4, -0.2) is 23.0 Å². The van der Waals surface area contributed by atoms with Crippen LogP contribution in [0.4, 0.5) is 0 Å². The number of carboxylic acids is 1. The van der Waals surface area contributed by atoms with E-state index in [1.165, 1.54) is 12.3 Å². The number of hydrogen-bond donors (Lipinski definition) is 2. The molecule has 0 fully saturated rings. The van der Waals surface area contributed by atoms with Crippen molar-refractivity contribution in [3.63, 3.8) is 0 Å². The van der Waals surface area contributed by atoms with E-state index in [2.05, 4.69) is 5.32 Å². The number of carbonyl (C=O) groups excluding carboxylic acids is 1. The molecule has 1 unspecified atom stereocenters. The Morgan fingerprint density at radius 1 is 1.32 bits per heavy atom. The van der Waals surface area contributed by atoms with Crippen molar-refractivity contribution in [2.75, 3.05) is 0 Å². The summed E-state index contributed by atoms with van der Waals surface area (Å²) >= 11 is 0. The van der Waals surface area contributed by atoms with E-state index in [-0.39, 0.29) is 17.4 Å². The predicted molar refractivity (Wildman–Crippen MR) is 65.0 cm³/mol. The van der Waals surface area contributed by atoms with Crippen molar-refractivity contribution in [1.29, 1.82) is 0 Å². The average Bonchev–Trinajstić information content (AvgIpc) is 2.97. The Balaban J connectivity index is 2.00. The van der Waals surface area contributed by atoms with Crippen LogP contribution in [0.25, 0.3) is 0 Å². The van der Waals surface area contributed by atoms with Crippen molar-refractivity contribution in [3.8, 4) is 0 Å². The van der Waals surface area contributed by atoms with Crippen molar-refractivity contribution in [1.82, 2.24) is 5.32 Å². The highest BCUT2D eigenvalue weighted by Crippen LogP contribution is 2.11. The van der Waals surface area contributed by atoms with Gasteiger partial charge in [-0.25, -0.2) is 4.79 Å². The molecular weight excluding hydrogens is 250 g/mol. The molecule has 0 saturated carbocycles. The summed E-state index contributed by atoms with van der Waals surface area (Å²) in [6.45, 7) is 1.80. The number of aromatic carboxylic acids is 1. The van der Waals surface area contributed by atoms with E-state index in [0.717, 1.165) is 5.76 Å². The largest absolute Gasteiger partial charge is 0.478 e. The van der Waals surface area contributed by atoms with Gasteiger partial charge in [0.15, 0.2) is 0 Å². The van der Waals surface area contributed by atoms with Gasteiger partial charge in [0.05, 0.1) is 12.5 Å². The predicted octanol–water partition coefficient (Wildman–Crippen LogP) is 1.93. The number of nitrogens with one attached hydrogen (secondary N) is 1. The first-order chi connectivity index (χ1) is 9.08. The number of carboxylic acid groups (broad SMARTS) is 1. The quantitative estimate of drug-likeness (QED) is 0.859. The maximum atomic E-state index is 11.9. The number of rotatable bonds is 5. The van der Waals surface area contributed by atoms with Crippen LogP contribution in [0.1, 0.15) is 33.6 Å². The number of amides is 1. The van der Waals surface area contributed by atoms with E-state index in [1.807, 2.05) is 0 Å². The maximum Gasteiger partial charge on any atom is 0.339 e. The average molecular weight is 263 g/mol. The molecule has 0 radical (unpaired) electrons. The van der Waals surface area contributed by atoms with Crippen LogP contribution in [0.5, 0.6) is 0 Å². The van der Waals surface area contributed by atoms with Crippen molar-refractivity contribution in [2.24, 2.45) is 0 Å². The summed E-state index contributed by atoms with van der Waals surface area (Å²) in [4.78, 5) is 22.7. The van der Waals surface area contributed by atoms with E-state index >= 15 is 0 Å². The second kappa shape index (κ2) is 5.43. The minimum atomic E-state index is -1.20. The maximum absolute atomic E-state index is 11.9. The summed E-state index contributed by atoms with van der Waals surface area (Å²) in [5, 5.41) is 11.5. The molecule has 0 spiro atoms. The third-order valence-electron chi connectivity index (χ3n) is 2.57. The Kier molecular flexibility index (Phi) is 3.70. The van der Waals surface area contributed by atoms with Gasteiger partial charge in [0.25, 0.3) is 5.91 Å². The van der Waals surface area contributed by atoms with E-state index < -0.39 is 11.9 Å². The molecule has 2 aromatic heterocycles. The van der Waals surface area contributed by atoms with E-state index in [0.29, 0.717) is 6.42 Å². The SMILES string of the molecule is CC(Cc1ccco1)NC(=O)c1occc1C(=O)O. The Labute approximate surface area is 109 Å². The standard InChI is InChI=1S/C13H13NO5/c1-8(7-9-3-2-5-18-9)14-12(15)11-10(13(16)17)4-6-19-11/h2-6,8H,7H2,1H3,(H,14,15)(H,16,17). The van der Waals surface area contributed by atoms with Gasteiger partial charge < -0.3 is 19.3 Å². The molecule has 2 rings (SSSR count). The van der Waals surface area contributed by atoms with Gasteiger partial charge in [-0.2, -0.15) is 0 Å². The molecule has 0 aliphatic rings. The monoisotopic (exact) mass is 263 g/mol. The smallest absolute Gasteiger partial charge is 0.339 e. The molecule has 0 bridgehead atoms. The van der Waals surface area contributed by atoms with Crippen molar-refractivity contribution in [2.45, 2.75) is 19.4 Å². The molecule has 6 nitrogen and oxygen atoms in total. The molecule has 2 aromatic rings. The van der Waals surface area contributed by atoms with Crippen molar-refractivity contribution in [3.05, 3.63) is 47.8 Å². The first-order valence-electron chi connectivity index (χ1n) is 5.72. The van der Waals surface area contributed by atoms with E-state index in [1.54, 1.807) is 25.3 Å². The molecular formula is C13H13NO5. The summed E-state index contributed by atoms with van der Waals surface area (Å²) < 4.78 is 10.1. The van der Waals surface area contributed by atoms with Crippen LogP contribution < -0.4 is 5.32 Å². The first-order valence-corrected chi connectivity index (χ1v) is 5.72. The number of hydrogen-bond acceptors (Lipinski definition) is 4. The van der Waals surface area contributed by atoms with Crippen molar-refractivity contribution < 1.29 is 23.5 Å². The topological polar surface area (TPSA) is 92.7 Å². The van der Waals surface area contributed by atoms with Crippen molar-refractivity contribution >= 4 is 11.9 Å². The molecule has 2 N–H and O–H groups in total. The summed E-state index contributed by atoms with van der Waals surface area (Å²) in [5.41, 5.74) is -0.150. The summed E-state index contributed by atoms with van der Waals surface area (Å²) in [6.07, 6.45) is 3.25. The first kappa shape index (κ1) is 12.9. The Hall–Kier alpha value is -2.50. The Morgan fingerprint density at radius 3 is 2.74 bits per heavy atom. The zero-order valence-corrected chi connectivity index (χ0v) is 10.3. The van der Waals surface area contributed by atoms with Gasteiger partial charge in [-0.3, -0.25) is 4.79 Å². The lowest BCUT2D eigenvalue weighted by Crippen LogP contribution is -2.34. The summed E-state index contributed by atoms with van der Waals surface area (Å²) in [7, 11) is 0. The molecule has 1 atom stereocenters. The minimum absolute atomic E-state index is 0.150. The highest BCUT2D eigenvalue weighted by atomic mass is 16.4. The van der Waals surface area contributed by atoms with Gasteiger partial charge in [0.1, 0.15) is 11.3 Å². The molecule has 19 heavy (non-hydrogen) atoms. The molecule has 0 aliphatic heterocycles. The van der Waals surface area contributed by atoms with Gasteiger partial charge in [-0.1, -0.05) is 0 Å². The van der Waals surface area contributed by atoms with Crippen LogP contribution in [0.15, 0.2) is 39.6 Å². The fourth-order valence-electron chi connectivity index (χ4n) is 1.72. The number of furan rings is 2. The highest BCUT2D eigenvalue weighted by Gasteiger charge is 2.21. The lowest BCUT2D eigenvalue weighted by atomic mass is 10.2. The zero-order chi connectivity index (χ0) is 13.8. The van der Waals surface area contributed by atoms with Crippen LogP contribution in [0.2, 0.25) is 0 Å². The van der Waals surface area contributed by atoms with Crippen LogP contribution >= 0.6 is 0 Å². The Bertz CT molecular complexity index is 570. The van der Waals surface area contributed by atoms with Crippen LogP contribution in [-0.2, 0) is 6.42 Å².